The second kappa shape index (κ2) is 6.15. The first kappa shape index (κ1) is 15.3. The summed E-state index contributed by atoms with van der Waals surface area (Å²) in [5.41, 5.74) is 0. The maximum absolute atomic E-state index is 12.4. The third-order valence-corrected chi connectivity index (χ3v) is 3.99. The molecule has 2 rings (SSSR count). The number of urea groups is 1. The van der Waals surface area contributed by atoms with Crippen LogP contribution in [-0.2, 0) is 9.59 Å². The van der Waals surface area contributed by atoms with Crippen LogP contribution in [0.1, 0.15) is 12.8 Å². The van der Waals surface area contributed by atoms with Gasteiger partial charge in [0.1, 0.15) is 6.04 Å². The minimum absolute atomic E-state index is 0.0489. The van der Waals surface area contributed by atoms with E-state index in [1.165, 1.54) is 9.80 Å². The quantitative estimate of drug-likeness (QED) is 0.740. The molecule has 0 aromatic carbocycles. The van der Waals surface area contributed by atoms with Crippen molar-refractivity contribution in [1.29, 1.82) is 0 Å². The summed E-state index contributed by atoms with van der Waals surface area (Å²) >= 11 is 0. The fraction of sp³-hybridized carbons (Fsp3) is 0.643. The number of carboxylic acid groups (broad SMARTS) is 1. The van der Waals surface area contributed by atoms with Crippen molar-refractivity contribution in [2.45, 2.75) is 18.9 Å². The smallest absolute Gasteiger partial charge is 0.330 e. The van der Waals surface area contributed by atoms with E-state index in [4.69, 9.17) is 5.11 Å². The lowest BCUT2D eigenvalue weighted by atomic mass is 9.95. The molecule has 0 spiro atoms. The van der Waals surface area contributed by atoms with Gasteiger partial charge in [-0.15, -0.1) is 0 Å². The Hall–Kier alpha value is -2.05. The van der Waals surface area contributed by atoms with E-state index >= 15 is 0 Å². The maximum Gasteiger partial charge on any atom is 0.330 e. The molecular weight excluding hydrogens is 274 g/mol. The van der Waals surface area contributed by atoms with Crippen LogP contribution in [0.3, 0.4) is 0 Å². The zero-order chi connectivity index (χ0) is 15.6. The van der Waals surface area contributed by atoms with Crippen molar-refractivity contribution in [2.75, 3.05) is 33.7 Å². The van der Waals surface area contributed by atoms with Crippen molar-refractivity contribution < 1.29 is 19.5 Å². The highest BCUT2D eigenvalue weighted by Crippen LogP contribution is 2.23. The van der Waals surface area contributed by atoms with Gasteiger partial charge in [0.15, 0.2) is 0 Å². The number of amides is 3. The monoisotopic (exact) mass is 295 g/mol. The van der Waals surface area contributed by atoms with Crippen LogP contribution in [0.25, 0.3) is 0 Å². The van der Waals surface area contributed by atoms with Crippen LogP contribution < -0.4 is 0 Å². The number of hydrogen-bond donors (Lipinski definition) is 1. The number of aliphatic carboxylic acids is 1. The highest BCUT2D eigenvalue weighted by molar-refractivity contribution is 5.87. The zero-order valence-electron chi connectivity index (χ0n) is 12.4. The highest BCUT2D eigenvalue weighted by atomic mass is 16.4. The van der Waals surface area contributed by atoms with Gasteiger partial charge in [-0.2, -0.15) is 0 Å². The van der Waals surface area contributed by atoms with Crippen LogP contribution in [0.2, 0.25) is 0 Å². The van der Waals surface area contributed by atoms with Crippen molar-refractivity contribution in [3.63, 3.8) is 0 Å². The summed E-state index contributed by atoms with van der Waals surface area (Å²) in [6, 6.07) is -0.897. The molecule has 0 aromatic heterocycles. The lowest BCUT2D eigenvalue weighted by Crippen LogP contribution is -2.49. The largest absolute Gasteiger partial charge is 0.479 e. The minimum atomic E-state index is -1.00. The van der Waals surface area contributed by atoms with E-state index in [9.17, 15) is 14.4 Å². The number of likely N-dealkylation sites (tertiary alicyclic amines) is 1. The highest BCUT2D eigenvalue weighted by Gasteiger charge is 2.36. The predicted molar refractivity (Wildman–Crippen MR) is 75.7 cm³/mol. The van der Waals surface area contributed by atoms with Crippen LogP contribution in [0.4, 0.5) is 4.79 Å². The van der Waals surface area contributed by atoms with Gasteiger partial charge in [-0.25, -0.2) is 9.59 Å². The topological polar surface area (TPSA) is 81.2 Å². The summed E-state index contributed by atoms with van der Waals surface area (Å²) in [4.78, 5) is 40.0. The Morgan fingerprint density at radius 2 is 1.81 bits per heavy atom. The first-order chi connectivity index (χ1) is 9.91. The van der Waals surface area contributed by atoms with Crippen molar-refractivity contribution >= 4 is 17.9 Å². The summed E-state index contributed by atoms with van der Waals surface area (Å²) < 4.78 is 0. The number of hydrogen-bond acceptors (Lipinski definition) is 3. The molecule has 2 aliphatic heterocycles. The molecule has 3 amide bonds. The van der Waals surface area contributed by atoms with Crippen LogP contribution in [0.15, 0.2) is 12.2 Å². The molecule has 2 aliphatic rings. The van der Waals surface area contributed by atoms with E-state index in [0.29, 0.717) is 32.5 Å². The zero-order valence-corrected chi connectivity index (χ0v) is 12.4. The summed E-state index contributed by atoms with van der Waals surface area (Å²) in [5.74, 6) is -1.32. The SMILES string of the molecule is CN(C)C(=O)N1CCC(C(=O)N2CC=CC2C(=O)O)CC1. The molecule has 7 nitrogen and oxygen atoms in total. The van der Waals surface area contributed by atoms with Crippen LogP contribution >= 0.6 is 0 Å². The molecule has 0 saturated carbocycles. The molecule has 1 atom stereocenters. The number of nitrogens with zero attached hydrogens (tertiary/aromatic N) is 3. The van der Waals surface area contributed by atoms with Gasteiger partial charge in [0.05, 0.1) is 0 Å². The van der Waals surface area contributed by atoms with Gasteiger partial charge in [-0.3, -0.25) is 4.79 Å². The molecular formula is C14H21N3O4. The molecule has 1 fully saturated rings. The van der Waals surface area contributed by atoms with Gasteiger partial charge >= 0.3 is 12.0 Å². The molecule has 7 heteroatoms. The minimum Gasteiger partial charge on any atom is -0.479 e. The average molecular weight is 295 g/mol. The standard InChI is InChI=1S/C14H21N3O4/c1-15(2)14(21)16-8-5-10(6-9-16)12(18)17-7-3-4-11(17)13(19)20/h3-4,10-11H,5-9H2,1-2H3,(H,19,20). The van der Waals surface area contributed by atoms with Gasteiger partial charge in [0.25, 0.3) is 0 Å². The fourth-order valence-corrected chi connectivity index (χ4v) is 2.80. The Bertz CT molecular complexity index is 467. The molecule has 1 unspecified atom stereocenters. The summed E-state index contributed by atoms with van der Waals surface area (Å²) in [5, 5.41) is 9.10. The van der Waals surface area contributed by atoms with E-state index in [1.54, 1.807) is 31.1 Å². The molecule has 116 valence electrons. The van der Waals surface area contributed by atoms with Crippen LogP contribution in [0.5, 0.6) is 0 Å². The number of carbonyl (C=O) groups excluding carboxylic acids is 2. The van der Waals surface area contributed by atoms with E-state index in [1.807, 2.05) is 0 Å². The number of carbonyl (C=O) groups is 3. The third kappa shape index (κ3) is 3.17. The van der Waals surface area contributed by atoms with Crippen molar-refractivity contribution in [3.05, 3.63) is 12.2 Å². The van der Waals surface area contributed by atoms with Gasteiger partial charge < -0.3 is 19.8 Å². The van der Waals surface area contributed by atoms with Crippen LogP contribution in [0, 0.1) is 5.92 Å². The van der Waals surface area contributed by atoms with Gasteiger partial charge in [-0.05, 0) is 12.8 Å². The molecule has 2 heterocycles. The van der Waals surface area contributed by atoms with E-state index < -0.39 is 12.0 Å². The average Bonchev–Trinajstić information content (AvgIpc) is 2.95. The molecule has 1 N–H and O–H groups in total. The fourth-order valence-electron chi connectivity index (χ4n) is 2.80. The molecule has 0 bridgehead atoms. The Morgan fingerprint density at radius 3 is 2.33 bits per heavy atom. The Labute approximate surface area is 123 Å². The molecule has 0 aliphatic carbocycles. The number of rotatable bonds is 2. The lowest BCUT2D eigenvalue weighted by molar-refractivity contribution is -0.149. The Balaban J connectivity index is 1.92. The molecule has 1 saturated heterocycles. The van der Waals surface area contributed by atoms with Gasteiger partial charge in [-0.1, -0.05) is 12.2 Å². The summed E-state index contributed by atoms with van der Waals surface area (Å²) in [6.45, 7) is 1.42. The van der Waals surface area contributed by atoms with E-state index in [-0.39, 0.29) is 17.9 Å². The van der Waals surface area contributed by atoms with Gasteiger partial charge in [0.2, 0.25) is 5.91 Å². The first-order valence-electron chi connectivity index (χ1n) is 7.08. The van der Waals surface area contributed by atoms with E-state index in [2.05, 4.69) is 0 Å². The van der Waals surface area contributed by atoms with Crippen molar-refractivity contribution in [1.82, 2.24) is 14.7 Å². The van der Waals surface area contributed by atoms with Gasteiger partial charge in [0, 0.05) is 39.6 Å². The normalized spacial score (nSPS) is 22.5. The van der Waals surface area contributed by atoms with Crippen molar-refractivity contribution in [3.8, 4) is 0 Å². The third-order valence-electron chi connectivity index (χ3n) is 3.99. The summed E-state index contributed by atoms with van der Waals surface area (Å²) in [6.07, 6.45) is 4.43. The predicted octanol–water partition coefficient (Wildman–Crippen LogP) is 0.232. The summed E-state index contributed by atoms with van der Waals surface area (Å²) in [7, 11) is 3.40. The lowest BCUT2D eigenvalue weighted by Gasteiger charge is -2.35. The Kier molecular flexibility index (Phi) is 4.50. The molecule has 0 aromatic rings. The second-order valence-electron chi connectivity index (χ2n) is 5.64. The van der Waals surface area contributed by atoms with Crippen molar-refractivity contribution in [2.24, 2.45) is 5.92 Å². The first-order valence-corrected chi connectivity index (χ1v) is 7.08. The second-order valence-corrected chi connectivity index (χ2v) is 5.64. The van der Waals surface area contributed by atoms with Crippen LogP contribution in [-0.4, -0.2) is 77.5 Å². The molecule has 0 radical (unpaired) electrons. The number of piperidine rings is 1. The Morgan fingerprint density at radius 1 is 1.19 bits per heavy atom. The maximum atomic E-state index is 12.4. The molecule has 21 heavy (non-hydrogen) atoms. The van der Waals surface area contributed by atoms with E-state index in [0.717, 1.165) is 0 Å². The number of carboxylic acids is 1.